The van der Waals surface area contributed by atoms with Gasteiger partial charge in [-0.05, 0) is 17.3 Å². The van der Waals surface area contributed by atoms with Crippen LogP contribution in [-0.2, 0) is 0 Å². The monoisotopic (exact) mass is 292 g/mol. The molecule has 0 fully saturated rings. The van der Waals surface area contributed by atoms with Crippen molar-refractivity contribution in [1.82, 2.24) is 0 Å². The third-order valence-electron chi connectivity index (χ3n) is 0.816. The second-order valence-electron chi connectivity index (χ2n) is 6.53. The quantitative estimate of drug-likeness (QED) is 0.452. The van der Waals surface area contributed by atoms with Gasteiger partial charge < -0.3 is 0 Å². The molecule has 0 amide bonds. The molecule has 0 rings (SSSR count). The second kappa shape index (κ2) is 36.4. The Morgan fingerprint density at radius 3 is 0.650 bits per heavy atom. The molecule has 0 saturated carbocycles. The maximum atomic E-state index is 2.22. The van der Waals surface area contributed by atoms with Crippen molar-refractivity contribution in [3.63, 3.8) is 0 Å². The zero-order chi connectivity index (χ0) is 18.4. The molecule has 0 atom stereocenters. The lowest BCUT2D eigenvalue weighted by Gasteiger charge is -2.05. The molecule has 0 aromatic heterocycles. The molecule has 0 unspecified atom stereocenters. The van der Waals surface area contributed by atoms with Crippen molar-refractivity contribution in [1.29, 1.82) is 0 Å². The summed E-state index contributed by atoms with van der Waals surface area (Å²) < 4.78 is 0. The minimum atomic E-state index is 0.500. The average molecular weight is 293 g/mol. The molecule has 0 nitrogen and oxygen atoms in total. The smallest absolute Gasteiger partial charge is 0.0411 e. The largest absolute Gasteiger partial charge is 0.0683 e. The Balaban J connectivity index is -0.0000000311. The molecule has 0 radical (unpaired) electrons. The van der Waals surface area contributed by atoms with Crippen LogP contribution < -0.4 is 0 Å². The Labute approximate surface area is 135 Å². The van der Waals surface area contributed by atoms with Crippen LogP contribution in [0.2, 0.25) is 0 Å². The van der Waals surface area contributed by atoms with Gasteiger partial charge in [-0.25, -0.2) is 0 Å². The summed E-state index contributed by atoms with van der Waals surface area (Å²) in [5, 5.41) is 0. The Kier molecular flexibility index (Phi) is 67.1. The minimum Gasteiger partial charge on any atom is -0.0683 e. The number of hydrogen-bond acceptors (Lipinski definition) is 0. The van der Waals surface area contributed by atoms with Crippen LogP contribution in [0.1, 0.15) is 117 Å². The molecule has 0 bridgehead atoms. The Hall–Kier alpha value is 0. The molecular formula is C20H52. The van der Waals surface area contributed by atoms with Crippen LogP contribution in [-0.4, -0.2) is 0 Å². The second-order valence-corrected chi connectivity index (χ2v) is 6.53. The summed E-state index contributed by atoms with van der Waals surface area (Å²) >= 11 is 0. The van der Waals surface area contributed by atoms with Crippen LogP contribution in [0.25, 0.3) is 0 Å². The van der Waals surface area contributed by atoms with E-state index >= 15 is 0 Å². The molecule has 0 spiro atoms. The van der Waals surface area contributed by atoms with Gasteiger partial charge >= 0.3 is 0 Å². The van der Waals surface area contributed by atoms with E-state index in [0.29, 0.717) is 5.41 Å². The van der Waals surface area contributed by atoms with Crippen LogP contribution in [0.4, 0.5) is 0 Å². The van der Waals surface area contributed by atoms with E-state index in [-0.39, 0.29) is 0 Å². The molecule has 132 valence electrons. The molecule has 0 aromatic carbocycles. The van der Waals surface area contributed by atoms with Gasteiger partial charge in [0, 0.05) is 0 Å². The van der Waals surface area contributed by atoms with Gasteiger partial charge in [-0.3, -0.25) is 0 Å². The van der Waals surface area contributed by atoms with Crippen molar-refractivity contribution in [3.05, 3.63) is 0 Å². The molecule has 0 heterocycles. The van der Waals surface area contributed by atoms with Gasteiger partial charge in [0.1, 0.15) is 0 Å². The van der Waals surface area contributed by atoms with Gasteiger partial charge in [-0.1, -0.05) is 117 Å². The van der Waals surface area contributed by atoms with E-state index in [4.69, 9.17) is 0 Å². The van der Waals surface area contributed by atoms with E-state index in [1.807, 2.05) is 41.5 Å². The fourth-order valence-electron chi connectivity index (χ4n) is 0. The molecule has 0 aliphatic heterocycles. The molecule has 0 aliphatic carbocycles. The average Bonchev–Trinajstić information content (AvgIpc) is 2.34. The molecule has 0 N–H and O–H groups in total. The lowest BCUT2D eigenvalue weighted by atomic mass is 10.0. The van der Waals surface area contributed by atoms with Gasteiger partial charge in [0.25, 0.3) is 0 Å². The highest BCUT2D eigenvalue weighted by Gasteiger charge is 1.95. The summed E-state index contributed by atoms with van der Waals surface area (Å²) in [6.45, 7) is 33.9. The van der Waals surface area contributed by atoms with E-state index in [2.05, 4.69) is 69.2 Å². The highest BCUT2D eigenvalue weighted by Crippen LogP contribution is 2.08. The highest BCUT2D eigenvalue weighted by atomic mass is 14.0. The number of rotatable bonds is 1. The minimum absolute atomic E-state index is 0.500. The SMILES string of the molecule is CC.CC.CC.CC(C)(C)C.CC(C)C.CCC(C)C. The van der Waals surface area contributed by atoms with Crippen molar-refractivity contribution in [2.75, 3.05) is 0 Å². The van der Waals surface area contributed by atoms with E-state index in [0.717, 1.165) is 11.8 Å². The van der Waals surface area contributed by atoms with E-state index < -0.39 is 0 Å². The summed E-state index contributed by atoms with van der Waals surface area (Å²) in [5.74, 6) is 1.72. The van der Waals surface area contributed by atoms with Crippen LogP contribution in [0.5, 0.6) is 0 Å². The van der Waals surface area contributed by atoms with Crippen LogP contribution in [0, 0.1) is 17.3 Å². The first-order valence-corrected chi connectivity index (χ1v) is 9.00. The third-order valence-corrected chi connectivity index (χ3v) is 0.816. The van der Waals surface area contributed by atoms with Crippen molar-refractivity contribution < 1.29 is 0 Å². The van der Waals surface area contributed by atoms with Gasteiger partial charge in [0.15, 0.2) is 0 Å². The Morgan fingerprint density at radius 1 is 0.600 bits per heavy atom. The lowest BCUT2D eigenvalue weighted by molar-refractivity contribution is 0.469. The predicted molar refractivity (Wildman–Crippen MR) is 105 cm³/mol. The summed E-state index contributed by atoms with van der Waals surface area (Å²) in [5.41, 5.74) is 0.500. The van der Waals surface area contributed by atoms with Crippen LogP contribution in [0.15, 0.2) is 0 Å². The summed E-state index contributed by atoms with van der Waals surface area (Å²) in [7, 11) is 0. The predicted octanol–water partition coefficient (Wildman–Crippen LogP) is 8.85. The van der Waals surface area contributed by atoms with E-state index in [9.17, 15) is 0 Å². The zero-order valence-electron chi connectivity index (χ0n) is 18.4. The van der Waals surface area contributed by atoms with Crippen LogP contribution in [0.3, 0.4) is 0 Å². The normalized spacial score (nSPS) is 8.10. The topological polar surface area (TPSA) is 0 Å². The van der Waals surface area contributed by atoms with Crippen molar-refractivity contribution in [3.8, 4) is 0 Å². The third kappa shape index (κ3) is 1300. The number of hydrogen-bond donors (Lipinski definition) is 0. The molecule has 20 heavy (non-hydrogen) atoms. The molecule has 0 aromatic rings. The fraction of sp³-hybridized carbons (Fsp3) is 1.00. The molecular weight excluding hydrogens is 240 g/mol. The molecule has 0 aliphatic rings. The standard InChI is InChI=1S/2C5H12.C4H10.3C2H6/c1-5(2,3)4;1-4-5(2)3;1-4(2)3;3*1-2/h1-4H3;5H,4H2,1-3H3;4H,1-3H3;3*1-2H3. The first kappa shape index (κ1) is 36.8. The lowest BCUT2D eigenvalue weighted by Crippen LogP contribution is -1.93. The summed E-state index contributed by atoms with van der Waals surface area (Å²) in [6.07, 6.45) is 1.31. The summed E-state index contributed by atoms with van der Waals surface area (Å²) in [4.78, 5) is 0. The van der Waals surface area contributed by atoms with Gasteiger partial charge in [0.2, 0.25) is 0 Å². The molecule has 0 saturated heterocycles. The van der Waals surface area contributed by atoms with Gasteiger partial charge in [0.05, 0.1) is 0 Å². The first-order chi connectivity index (χ1) is 9.00. The van der Waals surface area contributed by atoms with Crippen LogP contribution >= 0.6 is 0 Å². The maximum Gasteiger partial charge on any atom is -0.0411 e. The van der Waals surface area contributed by atoms with Crippen molar-refractivity contribution in [2.45, 2.75) is 117 Å². The maximum absolute atomic E-state index is 2.22. The Bertz CT molecular complexity index is 73.9. The fourth-order valence-corrected chi connectivity index (χ4v) is 0. The Morgan fingerprint density at radius 2 is 0.650 bits per heavy atom. The zero-order valence-corrected chi connectivity index (χ0v) is 18.4. The van der Waals surface area contributed by atoms with E-state index in [1.54, 1.807) is 0 Å². The first-order valence-electron chi connectivity index (χ1n) is 9.00. The summed E-state index contributed by atoms with van der Waals surface area (Å²) in [6, 6.07) is 0. The van der Waals surface area contributed by atoms with Gasteiger partial charge in [-0.2, -0.15) is 0 Å². The highest BCUT2D eigenvalue weighted by molar-refractivity contribution is 4.47. The van der Waals surface area contributed by atoms with Gasteiger partial charge in [-0.15, -0.1) is 0 Å². The van der Waals surface area contributed by atoms with E-state index in [1.165, 1.54) is 6.42 Å². The van der Waals surface area contributed by atoms with Crippen molar-refractivity contribution >= 4 is 0 Å². The molecule has 0 heteroatoms. The van der Waals surface area contributed by atoms with Crippen molar-refractivity contribution in [2.24, 2.45) is 17.3 Å².